The first-order valence-electron chi connectivity index (χ1n) is 7.19. The summed E-state index contributed by atoms with van der Waals surface area (Å²) in [7, 11) is 0. The number of benzene rings is 1. The van der Waals surface area contributed by atoms with Gasteiger partial charge in [0.05, 0.1) is 13.2 Å². The molecule has 0 saturated carbocycles. The highest BCUT2D eigenvalue weighted by Gasteiger charge is 2.62. The maximum Gasteiger partial charge on any atom is 0.421 e. The number of rotatable bonds is 4. The summed E-state index contributed by atoms with van der Waals surface area (Å²) in [5.74, 6) is -0.708. The third-order valence-electron chi connectivity index (χ3n) is 3.75. The van der Waals surface area contributed by atoms with E-state index in [2.05, 4.69) is 0 Å². The number of hydrogen-bond acceptors (Lipinski definition) is 2. The van der Waals surface area contributed by atoms with Crippen LogP contribution in [0.3, 0.4) is 0 Å². The van der Waals surface area contributed by atoms with Crippen LogP contribution in [0.5, 0.6) is 5.75 Å². The summed E-state index contributed by atoms with van der Waals surface area (Å²) in [6.07, 6.45) is -4.17. The number of hydrogen-bond donors (Lipinski definition) is 0. The van der Waals surface area contributed by atoms with Crippen molar-refractivity contribution in [2.45, 2.75) is 45.4 Å². The van der Waals surface area contributed by atoms with Gasteiger partial charge in [-0.1, -0.05) is 20.8 Å². The summed E-state index contributed by atoms with van der Waals surface area (Å²) in [6, 6.07) is 3.19. The van der Waals surface area contributed by atoms with Crippen LogP contribution in [0.2, 0.25) is 0 Å². The van der Waals surface area contributed by atoms with E-state index in [9.17, 15) is 17.6 Å². The van der Waals surface area contributed by atoms with Crippen molar-refractivity contribution in [2.24, 2.45) is 5.41 Å². The topological polar surface area (TPSA) is 18.5 Å². The molecule has 1 atom stereocenters. The molecule has 1 fully saturated rings. The van der Waals surface area contributed by atoms with Crippen molar-refractivity contribution in [1.82, 2.24) is 0 Å². The van der Waals surface area contributed by atoms with Crippen molar-refractivity contribution in [3.05, 3.63) is 29.6 Å². The van der Waals surface area contributed by atoms with Gasteiger partial charge in [0.2, 0.25) is 0 Å². The van der Waals surface area contributed by atoms with Gasteiger partial charge in [0.15, 0.2) is 5.60 Å². The van der Waals surface area contributed by atoms with Gasteiger partial charge in [0, 0.05) is 12.0 Å². The SMILES string of the molecule is CC(C)(C)CCOc1ccc(F)cc1C1(C(F)(F)F)CCO1. The summed E-state index contributed by atoms with van der Waals surface area (Å²) < 4.78 is 63.9. The standard InChI is InChI=1S/C16H20F4O2/c1-14(2,3)6-8-21-13-5-4-11(17)10-12(13)15(7-9-22-15)16(18,19)20/h4-5,10H,6-9H2,1-3H3. The Labute approximate surface area is 127 Å². The van der Waals surface area contributed by atoms with Crippen LogP contribution in [0.1, 0.15) is 39.2 Å². The molecule has 0 N–H and O–H groups in total. The Hall–Kier alpha value is -1.30. The van der Waals surface area contributed by atoms with E-state index in [1.165, 1.54) is 6.07 Å². The van der Waals surface area contributed by atoms with E-state index in [-0.39, 0.29) is 36.4 Å². The predicted molar refractivity (Wildman–Crippen MR) is 74.3 cm³/mol. The molecular formula is C16H20F4O2. The molecule has 22 heavy (non-hydrogen) atoms. The van der Waals surface area contributed by atoms with Gasteiger partial charge in [0.1, 0.15) is 11.6 Å². The van der Waals surface area contributed by atoms with E-state index in [0.29, 0.717) is 6.42 Å². The Morgan fingerprint density at radius 2 is 1.86 bits per heavy atom. The molecule has 6 heteroatoms. The molecule has 2 rings (SSSR count). The fraction of sp³-hybridized carbons (Fsp3) is 0.625. The summed E-state index contributed by atoms with van der Waals surface area (Å²) in [5, 5.41) is 0. The molecule has 1 aromatic carbocycles. The second-order valence-corrected chi connectivity index (χ2v) is 6.72. The van der Waals surface area contributed by atoms with Gasteiger partial charge in [-0.25, -0.2) is 4.39 Å². The Morgan fingerprint density at radius 3 is 2.32 bits per heavy atom. The molecule has 0 spiro atoms. The summed E-state index contributed by atoms with van der Waals surface area (Å²) in [6.45, 7) is 6.28. The van der Waals surface area contributed by atoms with Crippen molar-refractivity contribution in [1.29, 1.82) is 0 Å². The Balaban J connectivity index is 2.29. The van der Waals surface area contributed by atoms with Crippen LogP contribution in [0.25, 0.3) is 0 Å². The lowest BCUT2D eigenvalue weighted by molar-refractivity contribution is -0.334. The molecule has 2 nitrogen and oxygen atoms in total. The summed E-state index contributed by atoms with van der Waals surface area (Å²) in [4.78, 5) is 0. The largest absolute Gasteiger partial charge is 0.493 e. The highest BCUT2D eigenvalue weighted by atomic mass is 19.4. The fourth-order valence-electron chi connectivity index (χ4n) is 2.31. The van der Waals surface area contributed by atoms with Crippen LogP contribution in [0.4, 0.5) is 17.6 Å². The Morgan fingerprint density at radius 1 is 1.23 bits per heavy atom. The van der Waals surface area contributed by atoms with Gasteiger partial charge >= 0.3 is 6.18 Å². The van der Waals surface area contributed by atoms with Gasteiger partial charge < -0.3 is 9.47 Å². The van der Waals surface area contributed by atoms with Crippen LogP contribution in [0.15, 0.2) is 18.2 Å². The third kappa shape index (κ3) is 3.37. The van der Waals surface area contributed by atoms with E-state index >= 15 is 0 Å². The van der Waals surface area contributed by atoms with Crippen molar-refractivity contribution in [2.75, 3.05) is 13.2 Å². The lowest BCUT2D eigenvalue weighted by Crippen LogP contribution is -2.53. The molecule has 0 radical (unpaired) electrons. The molecule has 1 aliphatic heterocycles. The minimum Gasteiger partial charge on any atom is -0.493 e. The van der Waals surface area contributed by atoms with Gasteiger partial charge in [-0.2, -0.15) is 13.2 Å². The summed E-state index contributed by atoms with van der Waals surface area (Å²) in [5.41, 5.74) is -2.73. The van der Waals surface area contributed by atoms with Gasteiger partial charge in [-0.05, 0) is 30.0 Å². The minimum atomic E-state index is -4.61. The van der Waals surface area contributed by atoms with Crippen molar-refractivity contribution < 1.29 is 27.0 Å². The van der Waals surface area contributed by atoms with E-state index in [1.807, 2.05) is 20.8 Å². The lowest BCUT2D eigenvalue weighted by Gasteiger charge is -2.43. The van der Waals surface area contributed by atoms with Gasteiger partial charge in [0.25, 0.3) is 0 Å². The first-order chi connectivity index (χ1) is 10.1. The molecule has 0 amide bonds. The monoisotopic (exact) mass is 320 g/mol. The molecule has 1 aromatic rings. The smallest absolute Gasteiger partial charge is 0.421 e. The zero-order valence-corrected chi connectivity index (χ0v) is 12.9. The Kier molecular flexibility index (Phi) is 4.44. The van der Waals surface area contributed by atoms with Crippen LogP contribution in [-0.4, -0.2) is 19.4 Å². The van der Waals surface area contributed by atoms with Crippen LogP contribution < -0.4 is 4.74 Å². The minimum absolute atomic E-state index is 0.00253. The molecule has 0 aliphatic carbocycles. The number of alkyl halides is 3. The molecule has 1 aliphatic rings. The second kappa shape index (κ2) is 5.72. The first kappa shape index (κ1) is 17.1. The van der Waals surface area contributed by atoms with Crippen LogP contribution in [-0.2, 0) is 10.3 Å². The first-order valence-corrected chi connectivity index (χ1v) is 7.19. The highest BCUT2D eigenvalue weighted by molar-refractivity contribution is 5.41. The zero-order chi connectivity index (χ0) is 16.6. The van der Waals surface area contributed by atoms with E-state index in [0.717, 1.165) is 12.1 Å². The number of ether oxygens (including phenoxy) is 2. The molecule has 1 heterocycles. The molecular weight excluding hydrogens is 300 g/mol. The molecule has 0 bridgehead atoms. The van der Waals surface area contributed by atoms with E-state index < -0.39 is 17.6 Å². The lowest BCUT2D eigenvalue weighted by atomic mass is 9.85. The second-order valence-electron chi connectivity index (χ2n) is 6.72. The maximum atomic E-state index is 13.5. The normalized spacial score (nSPS) is 22.3. The molecule has 124 valence electrons. The molecule has 1 saturated heterocycles. The van der Waals surface area contributed by atoms with Crippen molar-refractivity contribution >= 4 is 0 Å². The third-order valence-corrected chi connectivity index (χ3v) is 3.75. The molecule has 1 unspecified atom stereocenters. The average molecular weight is 320 g/mol. The fourth-order valence-corrected chi connectivity index (χ4v) is 2.31. The molecule has 0 aromatic heterocycles. The van der Waals surface area contributed by atoms with Crippen molar-refractivity contribution in [3.63, 3.8) is 0 Å². The van der Waals surface area contributed by atoms with Gasteiger partial charge in [-0.15, -0.1) is 0 Å². The van der Waals surface area contributed by atoms with E-state index in [4.69, 9.17) is 9.47 Å². The highest BCUT2D eigenvalue weighted by Crippen LogP contribution is 2.52. The Bertz CT molecular complexity index is 528. The average Bonchev–Trinajstić information content (AvgIpc) is 2.26. The van der Waals surface area contributed by atoms with Crippen LogP contribution >= 0.6 is 0 Å². The van der Waals surface area contributed by atoms with Crippen LogP contribution in [0, 0.1) is 11.2 Å². The predicted octanol–water partition coefficient (Wildman–Crippen LogP) is 4.82. The van der Waals surface area contributed by atoms with E-state index in [1.54, 1.807) is 0 Å². The maximum absolute atomic E-state index is 13.5. The van der Waals surface area contributed by atoms with Gasteiger partial charge in [-0.3, -0.25) is 0 Å². The quantitative estimate of drug-likeness (QED) is 0.741. The zero-order valence-electron chi connectivity index (χ0n) is 12.9. The summed E-state index contributed by atoms with van der Waals surface area (Å²) >= 11 is 0. The number of halogens is 4. The van der Waals surface area contributed by atoms with Crippen molar-refractivity contribution in [3.8, 4) is 5.75 Å².